The van der Waals surface area contributed by atoms with E-state index in [1.165, 1.54) is 12.8 Å². The zero-order chi connectivity index (χ0) is 9.52. The summed E-state index contributed by atoms with van der Waals surface area (Å²) in [6.07, 6.45) is 5.04. The SMILES string of the molecule is CCC(N)CCNCC1CCCO1. The lowest BCUT2D eigenvalue weighted by molar-refractivity contribution is 0.110. The van der Waals surface area contributed by atoms with Gasteiger partial charge in [-0.05, 0) is 32.2 Å². The van der Waals surface area contributed by atoms with Crippen LogP contribution in [0.25, 0.3) is 0 Å². The number of hydrogen-bond donors (Lipinski definition) is 2. The first-order valence-electron chi connectivity index (χ1n) is 5.40. The first kappa shape index (κ1) is 11.0. The highest BCUT2D eigenvalue weighted by Gasteiger charge is 2.14. The van der Waals surface area contributed by atoms with Crippen molar-refractivity contribution in [1.29, 1.82) is 0 Å². The standard InChI is InChI=1S/C10H22N2O/c1-2-9(11)5-6-12-8-10-4-3-7-13-10/h9-10,12H,2-8,11H2,1H3. The van der Waals surface area contributed by atoms with E-state index in [-0.39, 0.29) is 0 Å². The van der Waals surface area contributed by atoms with E-state index in [0.29, 0.717) is 12.1 Å². The fourth-order valence-corrected chi connectivity index (χ4v) is 1.56. The maximum absolute atomic E-state index is 5.80. The zero-order valence-electron chi connectivity index (χ0n) is 8.59. The molecule has 0 amide bonds. The smallest absolute Gasteiger partial charge is 0.0700 e. The zero-order valence-corrected chi connectivity index (χ0v) is 8.59. The van der Waals surface area contributed by atoms with Crippen molar-refractivity contribution >= 4 is 0 Å². The van der Waals surface area contributed by atoms with Crippen LogP contribution in [-0.2, 0) is 4.74 Å². The van der Waals surface area contributed by atoms with Crippen molar-refractivity contribution in [1.82, 2.24) is 5.32 Å². The van der Waals surface area contributed by atoms with E-state index in [9.17, 15) is 0 Å². The normalized spacial score (nSPS) is 24.9. The van der Waals surface area contributed by atoms with Gasteiger partial charge in [0, 0.05) is 19.2 Å². The Hall–Kier alpha value is -0.120. The van der Waals surface area contributed by atoms with Gasteiger partial charge in [-0.25, -0.2) is 0 Å². The van der Waals surface area contributed by atoms with Gasteiger partial charge in [0.15, 0.2) is 0 Å². The minimum Gasteiger partial charge on any atom is -0.377 e. The molecule has 0 radical (unpaired) electrons. The third kappa shape index (κ3) is 4.60. The average Bonchev–Trinajstić information content (AvgIpc) is 2.64. The van der Waals surface area contributed by atoms with Crippen LogP contribution >= 0.6 is 0 Å². The highest BCUT2D eigenvalue weighted by molar-refractivity contribution is 4.68. The lowest BCUT2D eigenvalue weighted by atomic mass is 10.1. The molecule has 3 N–H and O–H groups in total. The lowest BCUT2D eigenvalue weighted by Gasteiger charge is -2.12. The highest BCUT2D eigenvalue weighted by Crippen LogP contribution is 2.10. The molecule has 2 atom stereocenters. The van der Waals surface area contributed by atoms with Crippen LogP contribution in [0.2, 0.25) is 0 Å². The summed E-state index contributed by atoms with van der Waals surface area (Å²) in [5.74, 6) is 0. The van der Waals surface area contributed by atoms with Crippen molar-refractivity contribution in [3.8, 4) is 0 Å². The van der Waals surface area contributed by atoms with Crippen molar-refractivity contribution in [2.24, 2.45) is 5.73 Å². The Labute approximate surface area is 81.0 Å². The summed E-state index contributed by atoms with van der Waals surface area (Å²) >= 11 is 0. The maximum atomic E-state index is 5.80. The lowest BCUT2D eigenvalue weighted by Crippen LogP contribution is -2.31. The Morgan fingerprint density at radius 1 is 1.62 bits per heavy atom. The number of hydrogen-bond acceptors (Lipinski definition) is 3. The topological polar surface area (TPSA) is 47.3 Å². The van der Waals surface area contributed by atoms with E-state index in [0.717, 1.165) is 32.5 Å². The summed E-state index contributed by atoms with van der Waals surface area (Å²) in [5.41, 5.74) is 5.80. The number of nitrogens with two attached hydrogens (primary N) is 1. The van der Waals surface area contributed by atoms with Gasteiger partial charge in [-0.15, -0.1) is 0 Å². The highest BCUT2D eigenvalue weighted by atomic mass is 16.5. The summed E-state index contributed by atoms with van der Waals surface area (Å²) in [7, 11) is 0. The van der Waals surface area contributed by atoms with Crippen LogP contribution in [0.3, 0.4) is 0 Å². The third-order valence-electron chi connectivity index (χ3n) is 2.61. The molecule has 1 fully saturated rings. The van der Waals surface area contributed by atoms with Gasteiger partial charge in [-0.2, -0.15) is 0 Å². The summed E-state index contributed by atoms with van der Waals surface area (Å²) in [6, 6.07) is 0.358. The Morgan fingerprint density at radius 3 is 3.08 bits per heavy atom. The van der Waals surface area contributed by atoms with Crippen molar-refractivity contribution < 1.29 is 4.74 Å². The van der Waals surface area contributed by atoms with Crippen molar-refractivity contribution in [3.63, 3.8) is 0 Å². The predicted molar refractivity (Wildman–Crippen MR) is 54.7 cm³/mol. The second kappa shape index (κ2) is 6.35. The van der Waals surface area contributed by atoms with Gasteiger partial charge in [0.25, 0.3) is 0 Å². The van der Waals surface area contributed by atoms with E-state index < -0.39 is 0 Å². The second-order valence-corrected chi connectivity index (χ2v) is 3.80. The van der Waals surface area contributed by atoms with E-state index in [4.69, 9.17) is 10.5 Å². The van der Waals surface area contributed by atoms with Crippen LogP contribution in [0.5, 0.6) is 0 Å². The van der Waals surface area contributed by atoms with E-state index in [1.54, 1.807) is 0 Å². The Kier molecular flexibility index (Phi) is 5.35. The minimum absolute atomic E-state index is 0.358. The monoisotopic (exact) mass is 186 g/mol. The van der Waals surface area contributed by atoms with Crippen LogP contribution in [-0.4, -0.2) is 31.8 Å². The molecular weight excluding hydrogens is 164 g/mol. The molecule has 13 heavy (non-hydrogen) atoms. The van der Waals surface area contributed by atoms with Crippen LogP contribution in [0, 0.1) is 0 Å². The van der Waals surface area contributed by atoms with Crippen molar-refractivity contribution in [2.45, 2.75) is 44.8 Å². The summed E-state index contributed by atoms with van der Waals surface area (Å²) < 4.78 is 5.49. The molecule has 78 valence electrons. The molecule has 1 aliphatic rings. The molecule has 0 saturated carbocycles. The molecule has 0 aromatic heterocycles. The molecule has 1 heterocycles. The fourth-order valence-electron chi connectivity index (χ4n) is 1.56. The average molecular weight is 186 g/mol. The first-order valence-corrected chi connectivity index (χ1v) is 5.40. The molecule has 0 bridgehead atoms. The second-order valence-electron chi connectivity index (χ2n) is 3.80. The fraction of sp³-hybridized carbons (Fsp3) is 1.00. The molecule has 0 aromatic carbocycles. The van der Waals surface area contributed by atoms with Crippen LogP contribution in [0.15, 0.2) is 0 Å². The summed E-state index contributed by atoms with van der Waals surface area (Å²) in [6.45, 7) is 5.09. The van der Waals surface area contributed by atoms with Gasteiger partial charge >= 0.3 is 0 Å². The number of rotatable bonds is 6. The summed E-state index contributed by atoms with van der Waals surface area (Å²) in [4.78, 5) is 0. The molecule has 2 unspecified atom stereocenters. The third-order valence-corrected chi connectivity index (χ3v) is 2.61. The van der Waals surface area contributed by atoms with Gasteiger partial charge in [0.1, 0.15) is 0 Å². The molecule has 0 aliphatic carbocycles. The molecule has 3 nitrogen and oxygen atoms in total. The van der Waals surface area contributed by atoms with Crippen molar-refractivity contribution in [3.05, 3.63) is 0 Å². The molecule has 1 aliphatic heterocycles. The molecule has 0 aromatic rings. The molecule has 1 rings (SSSR count). The molecule has 3 heteroatoms. The Balaban J connectivity index is 1.88. The van der Waals surface area contributed by atoms with Crippen molar-refractivity contribution in [2.75, 3.05) is 19.7 Å². The van der Waals surface area contributed by atoms with Crippen LogP contribution in [0.4, 0.5) is 0 Å². The van der Waals surface area contributed by atoms with E-state index in [2.05, 4.69) is 12.2 Å². The van der Waals surface area contributed by atoms with Gasteiger partial charge < -0.3 is 15.8 Å². The Morgan fingerprint density at radius 2 is 2.46 bits per heavy atom. The van der Waals surface area contributed by atoms with Gasteiger partial charge in [-0.3, -0.25) is 0 Å². The quantitative estimate of drug-likeness (QED) is 0.605. The Bertz CT molecular complexity index is 124. The van der Waals surface area contributed by atoms with Gasteiger partial charge in [0.05, 0.1) is 6.10 Å². The van der Waals surface area contributed by atoms with Crippen LogP contribution < -0.4 is 11.1 Å². The number of ether oxygens (including phenoxy) is 1. The van der Waals surface area contributed by atoms with E-state index >= 15 is 0 Å². The minimum atomic E-state index is 0.358. The molecule has 0 spiro atoms. The van der Waals surface area contributed by atoms with Crippen LogP contribution in [0.1, 0.15) is 32.6 Å². The maximum Gasteiger partial charge on any atom is 0.0700 e. The summed E-state index contributed by atoms with van der Waals surface area (Å²) in [5, 5.41) is 3.39. The largest absolute Gasteiger partial charge is 0.377 e. The van der Waals surface area contributed by atoms with Gasteiger partial charge in [-0.1, -0.05) is 6.92 Å². The number of nitrogens with one attached hydrogen (secondary N) is 1. The van der Waals surface area contributed by atoms with E-state index in [1.807, 2.05) is 0 Å². The predicted octanol–water partition coefficient (Wildman–Crippen LogP) is 0.882. The molecule has 1 saturated heterocycles. The van der Waals surface area contributed by atoms with Gasteiger partial charge in [0.2, 0.25) is 0 Å². The first-order chi connectivity index (χ1) is 6.33. The molecular formula is C10H22N2O.